The lowest BCUT2D eigenvalue weighted by Gasteiger charge is -2.24. The third-order valence-electron chi connectivity index (χ3n) is 1.80. The fraction of sp³-hybridized carbons (Fsp3) is 0.800. The van der Waals surface area contributed by atoms with Crippen molar-refractivity contribution in [2.24, 2.45) is 11.1 Å². The minimum absolute atomic E-state index is 0.0554. The van der Waals surface area contributed by atoms with E-state index in [-0.39, 0.29) is 23.7 Å². The summed E-state index contributed by atoms with van der Waals surface area (Å²) in [5.74, 6) is -0.421. The van der Waals surface area contributed by atoms with Gasteiger partial charge in [0.15, 0.2) is 0 Å². The molecule has 15 heavy (non-hydrogen) atoms. The summed E-state index contributed by atoms with van der Waals surface area (Å²) < 4.78 is 5.29. The summed E-state index contributed by atoms with van der Waals surface area (Å²) in [6, 6.07) is 0. The summed E-state index contributed by atoms with van der Waals surface area (Å²) in [6.45, 7) is 6.81. The van der Waals surface area contributed by atoms with Gasteiger partial charge in [0.05, 0.1) is 13.2 Å². The molecule has 0 aromatic rings. The van der Waals surface area contributed by atoms with Gasteiger partial charge in [0, 0.05) is 25.3 Å². The Bertz CT molecular complexity index is 227. The Hall–Kier alpha value is -1.10. The molecule has 2 amide bonds. The largest absolute Gasteiger partial charge is 0.380 e. The van der Waals surface area contributed by atoms with E-state index in [0.717, 1.165) is 0 Å². The molecule has 3 N–H and O–H groups in total. The minimum Gasteiger partial charge on any atom is -0.380 e. The first kappa shape index (κ1) is 13.9. The van der Waals surface area contributed by atoms with Gasteiger partial charge in [-0.05, 0) is 0 Å². The first-order valence-corrected chi connectivity index (χ1v) is 4.94. The van der Waals surface area contributed by atoms with Gasteiger partial charge in [-0.25, -0.2) is 0 Å². The molecule has 0 rings (SSSR count). The zero-order valence-electron chi connectivity index (χ0n) is 9.63. The van der Waals surface area contributed by atoms with E-state index in [1.165, 1.54) is 6.92 Å². The highest BCUT2D eigenvalue weighted by molar-refractivity contribution is 5.73. The number of nitrogens with one attached hydrogen (secondary N) is 1. The quantitative estimate of drug-likeness (QED) is 0.589. The van der Waals surface area contributed by atoms with E-state index in [1.807, 2.05) is 13.8 Å². The highest BCUT2D eigenvalue weighted by Gasteiger charge is 2.18. The zero-order valence-corrected chi connectivity index (χ0v) is 9.63. The van der Waals surface area contributed by atoms with Gasteiger partial charge < -0.3 is 15.8 Å². The van der Waals surface area contributed by atoms with E-state index < -0.39 is 0 Å². The van der Waals surface area contributed by atoms with Crippen LogP contribution in [0.25, 0.3) is 0 Å². The molecule has 0 spiro atoms. The number of rotatable bonds is 7. The zero-order chi connectivity index (χ0) is 11.9. The second-order valence-electron chi connectivity index (χ2n) is 4.34. The number of hydrogen-bond acceptors (Lipinski definition) is 3. The lowest BCUT2D eigenvalue weighted by atomic mass is 9.95. The maximum Gasteiger partial charge on any atom is 0.219 e. The van der Waals surface area contributed by atoms with Crippen molar-refractivity contribution in [1.82, 2.24) is 5.32 Å². The monoisotopic (exact) mass is 216 g/mol. The van der Waals surface area contributed by atoms with Crippen molar-refractivity contribution in [2.75, 3.05) is 19.8 Å². The van der Waals surface area contributed by atoms with Crippen molar-refractivity contribution in [3.63, 3.8) is 0 Å². The van der Waals surface area contributed by atoms with Gasteiger partial charge in [-0.15, -0.1) is 0 Å². The Morgan fingerprint density at radius 2 is 2.00 bits per heavy atom. The molecular weight excluding hydrogens is 196 g/mol. The summed E-state index contributed by atoms with van der Waals surface area (Å²) >= 11 is 0. The molecule has 0 saturated carbocycles. The molecule has 0 aliphatic rings. The molecule has 0 aliphatic heterocycles. The fourth-order valence-electron chi connectivity index (χ4n) is 0.936. The van der Waals surface area contributed by atoms with Crippen molar-refractivity contribution in [3.05, 3.63) is 0 Å². The number of primary amides is 1. The predicted molar refractivity (Wildman–Crippen MR) is 57.1 cm³/mol. The van der Waals surface area contributed by atoms with Gasteiger partial charge in [0.2, 0.25) is 11.8 Å². The Morgan fingerprint density at radius 3 is 2.47 bits per heavy atom. The van der Waals surface area contributed by atoms with Crippen LogP contribution in [0.5, 0.6) is 0 Å². The molecular formula is C10H20N2O3. The SMILES string of the molecule is CC(=O)NCC(C)(C)COCCC(N)=O. The maximum atomic E-state index is 10.7. The number of nitrogens with two attached hydrogens (primary N) is 1. The van der Waals surface area contributed by atoms with Crippen LogP contribution >= 0.6 is 0 Å². The van der Waals surface area contributed by atoms with Crippen molar-refractivity contribution >= 4 is 11.8 Å². The van der Waals surface area contributed by atoms with Gasteiger partial charge in [-0.3, -0.25) is 9.59 Å². The molecule has 0 radical (unpaired) electrons. The van der Waals surface area contributed by atoms with Crippen LogP contribution in [0.1, 0.15) is 27.2 Å². The van der Waals surface area contributed by atoms with E-state index in [4.69, 9.17) is 10.5 Å². The Kier molecular flexibility index (Phi) is 5.93. The second-order valence-corrected chi connectivity index (χ2v) is 4.34. The Labute approximate surface area is 90.4 Å². The number of carbonyl (C=O) groups excluding carboxylic acids is 2. The molecule has 0 fully saturated rings. The summed E-state index contributed by atoms with van der Waals surface area (Å²) in [4.78, 5) is 21.1. The van der Waals surface area contributed by atoms with Crippen LogP contribution in [0.2, 0.25) is 0 Å². The van der Waals surface area contributed by atoms with E-state index in [0.29, 0.717) is 19.8 Å². The summed E-state index contributed by atoms with van der Waals surface area (Å²) in [5.41, 5.74) is 4.83. The van der Waals surface area contributed by atoms with Gasteiger partial charge in [0.1, 0.15) is 0 Å². The summed E-state index contributed by atoms with van der Waals surface area (Å²) in [7, 11) is 0. The number of carbonyl (C=O) groups is 2. The third kappa shape index (κ3) is 9.21. The highest BCUT2D eigenvalue weighted by atomic mass is 16.5. The standard InChI is InChI=1S/C10H20N2O3/c1-8(13)12-6-10(2,3)7-15-5-4-9(11)14/h4-7H2,1-3H3,(H2,11,14)(H,12,13). The Morgan fingerprint density at radius 1 is 1.40 bits per heavy atom. The molecule has 0 aliphatic carbocycles. The molecule has 0 aromatic carbocycles. The summed E-state index contributed by atoms with van der Waals surface area (Å²) in [5, 5.41) is 2.72. The van der Waals surface area contributed by atoms with Crippen molar-refractivity contribution in [3.8, 4) is 0 Å². The first-order valence-electron chi connectivity index (χ1n) is 4.94. The van der Waals surface area contributed by atoms with Crippen molar-refractivity contribution in [2.45, 2.75) is 27.2 Å². The second kappa shape index (κ2) is 6.40. The smallest absolute Gasteiger partial charge is 0.219 e. The van der Waals surface area contributed by atoms with Gasteiger partial charge in [0.25, 0.3) is 0 Å². The van der Waals surface area contributed by atoms with Gasteiger partial charge in [-0.1, -0.05) is 13.8 Å². The molecule has 0 unspecified atom stereocenters. The van der Waals surface area contributed by atoms with E-state index in [2.05, 4.69) is 5.32 Å². The molecule has 0 bridgehead atoms. The average molecular weight is 216 g/mol. The van der Waals surface area contributed by atoms with Crippen LogP contribution in [0.15, 0.2) is 0 Å². The van der Waals surface area contributed by atoms with Gasteiger partial charge in [-0.2, -0.15) is 0 Å². The number of hydrogen-bond donors (Lipinski definition) is 2. The van der Waals surface area contributed by atoms with Crippen molar-refractivity contribution in [1.29, 1.82) is 0 Å². The molecule has 5 heteroatoms. The van der Waals surface area contributed by atoms with E-state index >= 15 is 0 Å². The topological polar surface area (TPSA) is 81.4 Å². The molecule has 0 heterocycles. The third-order valence-corrected chi connectivity index (χ3v) is 1.80. The normalized spacial score (nSPS) is 11.1. The lowest BCUT2D eigenvalue weighted by molar-refractivity contribution is -0.119. The molecule has 0 atom stereocenters. The van der Waals surface area contributed by atoms with Crippen LogP contribution in [0.3, 0.4) is 0 Å². The number of amides is 2. The van der Waals surface area contributed by atoms with Crippen molar-refractivity contribution < 1.29 is 14.3 Å². The average Bonchev–Trinajstić information content (AvgIpc) is 2.09. The highest BCUT2D eigenvalue weighted by Crippen LogP contribution is 2.13. The molecule has 88 valence electrons. The molecule has 0 aromatic heterocycles. The molecule has 5 nitrogen and oxygen atoms in total. The van der Waals surface area contributed by atoms with Gasteiger partial charge >= 0.3 is 0 Å². The minimum atomic E-state index is -0.366. The van der Waals surface area contributed by atoms with Crippen LogP contribution in [-0.4, -0.2) is 31.6 Å². The Balaban J connectivity index is 3.64. The molecule has 0 saturated heterocycles. The summed E-state index contributed by atoms with van der Waals surface area (Å²) in [6.07, 6.45) is 0.232. The van der Waals surface area contributed by atoms with Crippen LogP contribution in [0.4, 0.5) is 0 Å². The van der Waals surface area contributed by atoms with E-state index in [9.17, 15) is 9.59 Å². The maximum absolute atomic E-state index is 10.7. The van der Waals surface area contributed by atoms with Crippen LogP contribution < -0.4 is 11.1 Å². The predicted octanol–water partition coefficient (Wildman–Crippen LogP) is 0.0407. The number of ether oxygens (including phenoxy) is 1. The fourth-order valence-corrected chi connectivity index (χ4v) is 0.936. The van der Waals surface area contributed by atoms with E-state index in [1.54, 1.807) is 0 Å². The van der Waals surface area contributed by atoms with Crippen LogP contribution in [0, 0.1) is 5.41 Å². The van der Waals surface area contributed by atoms with Crippen LogP contribution in [-0.2, 0) is 14.3 Å². The lowest BCUT2D eigenvalue weighted by Crippen LogP contribution is -2.35. The first-order chi connectivity index (χ1) is 6.83.